The Balaban J connectivity index is 0.799. The van der Waals surface area contributed by atoms with Crippen molar-refractivity contribution in [2.45, 2.75) is 82.3 Å². The molecule has 10 rings (SSSR count). The number of ether oxygens (including phenoxy) is 1. The molecule has 18 heteroatoms. The molecule has 332 valence electrons. The van der Waals surface area contributed by atoms with Crippen molar-refractivity contribution in [3.8, 4) is 5.75 Å². The van der Waals surface area contributed by atoms with E-state index in [0.717, 1.165) is 67.8 Å². The molecule has 5 aromatic rings. The molecule has 0 spiro atoms. The van der Waals surface area contributed by atoms with Gasteiger partial charge in [-0.1, -0.05) is 23.7 Å². The number of amides is 2. The Hall–Kier alpha value is -5.55. The van der Waals surface area contributed by atoms with Gasteiger partial charge in [-0.15, -0.1) is 0 Å². The van der Waals surface area contributed by atoms with E-state index in [0.29, 0.717) is 77.1 Å². The second-order valence-corrected chi connectivity index (χ2v) is 18.6. The van der Waals surface area contributed by atoms with Crippen molar-refractivity contribution >= 4 is 74.0 Å². The molecule has 15 nitrogen and oxygen atoms in total. The number of carbonyl (C=O) groups excluding carboxylic acids is 2. The molecule has 1 saturated carbocycles. The zero-order valence-corrected chi connectivity index (χ0v) is 36.6. The molecule has 0 bridgehead atoms. The topological polar surface area (TPSA) is 155 Å². The van der Waals surface area contributed by atoms with Gasteiger partial charge in [0, 0.05) is 81.8 Å². The maximum Gasteiger partial charge on any atom is 0.301 e. The summed E-state index contributed by atoms with van der Waals surface area (Å²) in [5.41, 5.74) is 3.83. The number of nitrogens with one attached hydrogen (secondary N) is 3. The van der Waals surface area contributed by atoms with Crippen LogP contribution < -0.4 is 36.0 Å². The minimum absolute atomic E-state index is 0.107. The van der Waals surface area contributed by atoms with Gasteiger partial charge < -0.3 is 29.7 Å². The van der Waals surface area contributed by atoms with Gasteiger partial charge in [0.15, 0.2) is 12.4 Å². The van der Waals surface area contributed by atoms with E-state index in [9.17, 15) is 14.4 Å². The van der Waals surface area contributed by atoms with E-state index in [-0.39, 0.29) is 29.2 Å². The summed E-state index contributed by atoms with van der Waals surface area (Å²) < 4.78 is 39.2. The predicted octanol–water partition coefficient (Wildman–Crippen LogP) is 6.17. The molecule has 1 unspecified atom stereocenters. The van der Waals surface area contributed by atoms with Crippen molar-refractivity contribution in [2.75, 3.05) is 59.8 Å². The number of piperidine rings is 2. The number of carbonyl (C=O) groups is 2. The number of aromatic nitrogens is 5. The average Bonchev–Trinajstić information content (AvgIpc) is 4.06. The summed E-state index contributed by atoms with van der Waals surface area (Å²) in [6.45, 7) is 8.02. The van der Waals surface area contributed by atoms with Crippen molar-refractivity contribution < 1.29 is 23.1 Å². The van der Waals surface area contributed by atoms with Crippen LogP contribution >= 0.6 is 11.6 Å². The molecule has 4 fully saturated rings. The van der Waals surface area contributed by atoms with Crippen molar-refractivity contribution in [1.29, 1.82) is 0 Å². The number of rotatable bonds is 8. The highest BCUT2D eigenvalue weighted by Gasteiger charge is 2.51. The van der Waals surface area contributed by atoms with E-state index >= 15 is 8.78 Å². The van der Waals surface area contributed by atoms with Crippen LogP contribution in [0.15, 0.2) is 47.4 Å². The summed E-state index contributed by atoms with van der Waals surface area (Å²) in [6.07, 6.45) is 5.73. The molecule has 4 aliphatic heterocycles. The summed E-state index contributed by atoms with van der Waals surface area (Å²) >= 11 is 6.66. The van der Waals surface area contributed by atoms with E-state index in [1.54, 1.807) is 19.3 Å². The molecular weight excluding hydrogens is 832 g/mol. The summed E-state index contributed by atoms with van der Waals surface area (Å²) in [7, 11) is 3.54. The highest BCUT2D eigenvalue weighted by atomic mass is 35.5. The number of hydrogen-bond donors (Lipinski definition) is 3. The number of imide groups is 1. The van der Waals surface area contributed by atoms with Crippen LogP contribution in [0.25, 0.3) is 21.8 Å². The van der Waals surface area contributed by atoms with Gasteiger partial charge in [0.1, 0.15) is 5.02 Å². The van der Waals surface area contributed by atoms with Crippen molar-refractivity contribution in [3.63, 3.8) is 0 Å². The molecule has 63 heavy (non-hydrogen) atoms. The largest absolute Gasteiger partial charge is 0.480 e. The SMILES string of the molecule is C[C@H]1CN(c2cccc3c(C4CCC(=O)NC4=O)nn(C)c23)C[C@H](C)N1CC1CCN(c2ncc(Cl)c(Nc3ccc4c(c3)c3c(c(=O)n4C)OCC(F)(F)[C@H](C4CC4)N3)n2)CC1. The number of piperazine rings is 1. The minimum atomic E-state index is -3.13. The Bertz CT molecular complexity index is 2690. The number of hydrogen-bond acceptors (Lipinski definition) is 12. The monoisotopic (exact) mass is 883 g/mol. The fraction of sp³-hybridized carbons (Fsp3) is 0.511. The third-order valence-electron chi connectivity index (χ3n) is 13.9. The first-order valence-corrected chi connectivity index (χ1v) is 22.4. The molecule has 2 amide bonds. The fourth-order valence-electron chi connectivity index (χ4n) is 10.4. The molecule has 4 atom stereocenters. The molecule has 3 aromatic heterocycles. The van der Waals surface area contributed by atoms with Gasteiger partial charge in [-0.3, -0.25) is 29.3 Å². The van der Waals surface area contributed by atoms with Gasteiger partial charge >= 0.3 is 5.92 Å². The molecular formula is C45H52ClF2N11O4. The van der Waals surface area contributed by atoms with Crippen molar-refractivity contribution in [1.82, 2.24) is 34.5 Å². The first-order chi connectivity index (χ1) is 30.2. The summed E-state index contributed by atoms with van der Waals surface area (Å²) in [4.78, 5) is 54.6. The zero-order valence-electron chi connectivity index (χ0n) is 35.8. The van der Waals surface area contributed by atoms with Crippen LogP contribution in [0.3, 0.4) is 0 Å². The van der Waals surface area contributed by atoms with Gasteiger partial charge in [-0.05, 0) is 82.1 Å². The van der Waals surface area contributed by atoms with Gasteiger partial charge in [-0.2, -0.15) is 10.1 Å². The number of halogens is 3. The number of aryl methyl sites for hydroxylation is 2. The number of para-hydroxylation sites is 1. The fourth-order valence-corrected chi connectivity index (χ4v) is 10.5. The van der Waals surface area contributed by atoms with E-state index in [4.69, 9.17) is 26.4 Å². The third kappa shape index (κ3) is 7.59. The van der Waals surface area contributed by atoms with Crippen LogP contribution in [0.5, 0.6) is 5.75 Å². The zero-order chi connectivity index (χ0) is 43.9. The Kier molecular flexibility index (Phi) is 10.5. The lowest BCUT2D eigenvalue weighted by Gasteiger charge is -2.47. The standard InChI is InChI=1S/C45H52ClF2N11O4/c1-24-20-58(34-7-5-6-29-36(54-56(4)38(29)34)30-11-13-35(60)51-42(30)61)21-25(2)59(24)22-26-14-16-57(17-15-26)44-49-19-32(46)41(53-44)50-28-10-12-33-31(18-28)37-39(43(62)55(33)3)63-23-45(47,48)40(52-37)27-8-9-27/h5-7,10,12,18-19,24-27,30,40,52H,8-9,11,13-17,20-23H2,1-4H3,(H,49,50,53)(H,51,60,61)/t24-,25-,30?,40-/m0/s1. The maximum atomic E-state index is 15.2. The lowest BCUT2D eigenvalue weighted by atomic mass is 9.92. The number of nitrogens with zero attached hydrogens (tertiary/aromatic N) is 8. The van der Waals surface area contributed by atoms with Crippen molar-refractivity contribution in [3.05, 3.63) is 63.7 Å². The first kappa shape index (κ1) is 41.5. The van der Waals surface area contributed by atoms with Gasteiger partial charge in [0.2, 0.25) is 23.5 Å². The quantitative estimate of drug-likeness (QED) is 0.153. The highest BCUT2D eigenvalue weighted by Crippen LogP contribution is 2.46. The number of anilines is 5. The smallest absolute Gasteiger partial charge is 0.301 e. The normalized spacial score (nSPS) is 24.5. The maximum absolute atomic E-state index is 15.2. The molecule has 3 saturated heterocycles. The third-order valence-corrected chi connectivity index (χ3v) is 14.1. The van der Waals surface area contributed by atoms with Crippen LogP contribution in [-0.4, -0.2) is 104 Å². The van der Waals surface area contributed by atoms with E-state index < -0.39 is 30.0 Å². The van der Waals surface area contributed by atoms with Crippen LogP contribution in [0, 0.1) is 11.8 Å². The van der Waals surface area contributed by atoms with E-state index in [1.807, 2.05) is 36.0 Å². The highest BCUT2D eigenvalue weighted by molar-refractivity contribution is 6.33. The summed E-state index contributed by atoms with van der Waals surface area (Å²) in [5, 5.41) is 15.5. The predicted molar refractivity (Wildman–Crippen MR) is 239 cm³/mol. The van der Waals surface area contributed by atoms with Gasteiger partial charge in [-0.25, -0.2) is 13.8 Å². The molecule has 1 aliphatic carbocycles. The molecule has 5 aliphatic rings. The van der Waals surface area contributed by atoms with E-state index in [2.05, 4.69) is 55.5 Å². The number of fused-ring (bicyclic) bond motifs is 4. The molecule has 2 aromatic carbocycles. The second-order valence-electron chi connectivity index (χ2n) is 18.2. The van der Waals surface area contributed by atoms with E-state index in [1.165, 1.54) is 4.57 Å². The first-order valence-electron chi connectivity index (χ1n) is 22.0. The summed E-state index contributed by atoms with van der Waals surface area (Å²) in [6, 6.07) is 11.1. The molecule has 0 radical (unpaired) electrons. The Morgan fingerprint density at radius 1 is 0.968 bits per heavy atom. The molecule has 7 heterocycles. The average molecular weight is 884 g/mol. The van der Waals surface area contributed by atoms with Crippen LogP contribution in [0.4, 0.5) is 37.6 Å². The lowest BCUT2D eigenvalue weighted by molar-refractivity contribution is -0.134. The van der Waals surface area contributed by atoms with Crippen molar-refractivity contribution in [2.24, 2.45) is 25.9 Å². The number of pyridine rings is 1. The summed E-state index contributed by atoms with van der Waals surface area (Å²) in [5.74, 6) is -2.90. The van der Waals surface area contributed by atoms with Crippen LogP contribution in [0.1, 0.15) is 64.0 Å². The number of benzene rings is 2. The Labute approximate surface area is 368 Å². The van der Waals surface area contributed by atoms with Gasteiger partial charge in [0.05, 0.1) is 46.3 Å². The lowest BCUT2D eigenvalue weighted by Crippen LogP contribution is -2.58. The Morgan fingerprint density at radius 3 is 2.46 bits per heavy atom. The minimum Gasteiger partial charge on any atom is -0.480 e. The second kappa shape index (κ2) is 15.9. The van der Waals surface area contributed by atoms with Gasteiger partial charge in [0.25, 0.3) is 5.56 Å². The number of alkyl halides is 2. The molecule has 3 N–H and O–H groups in total. The Morgan fingerprint density at radius 2 is 1.73 bits per heavy atom. The van der Waals surface area contributed by atoms with Crippen LogP contribution in [-0.2, 0) is 23.7 Å². The van der Waals surface area contributed by atoms with Crippen LogP contribution in [0.2, 0.25) is 5.02 Å².